The van der Waals surface area contributed by atoms with Gasteiger partial charge < -0.3 is 15.6 Å². The zero-order chi connectivity index (χ0) is 13.7. The molecule has 1 atom stereocenters. The fourth-order valence-electron chi connectivity index (χ4n) is 1.39. The maximum absolute atomic E-state index is 11.7. The lowest BCUT2D eigenvalue weighted by atomic mass is 9.98. The molecule has 0 aromatic carbocycles. The first-order valence-corrected chi connectivity index (χ1v) is 6.13. The van der Waals surface area contributed by atoms with Gasteiger partial charge in [0.15, 0.2) is 0 Å². The number of aromatic nitrogens is 1. The van der Waals surface area contributed by atoms with Crippen LogP contribution < -0.4 is 16.6 Å². The summed E-state index contributed by atoms with van der Waals surface area (Å²) in [6, 6.07) is 2.89. The number of hydrogen-bond donors (Lipinski definition) is 2. The van der Waals surface area contributed by atoms with Gasteiger partial charge in [0, 0.05) is 24.5 Å². The molecular weight excluding hydrogens is 230 g/mol. The van der Waals surface area contributed by atoms with Gasteiger partial charge in [-0.05, 0) is 17.9 Å². The zero-order valence-corrected chi connectivity index (χ0v) is 11.1. The Morgan fingerprint density at radius 1 is 1.39 bits per heavy atom. The molecule has 1 aromatic heterocycles. The van der Waals surface area contributed by atoms with E-state index >= 15 is 0 Å². The number of carbonyl (C=O) groups excluding carboxylic acids is 1. The van der Waals surface area contributed by atoms with Crippen molar-refractivity contribution < 1.29 is 4.79 Å². The number of pyridine rings is 1. The summed E-state index contributed by atoms with van der Waals surface area (Å²) >= 11 is 0. The van der Waals surface area contributed by atoms with Crippen LogP contribution in [-0.4, -0.2) is 17.0 Å². The van der Waals surface area contributed by atoms with Crippen LogP contribution in [0.1, 0.15) is 20.8 Å². The second-order valence-electron chi connectivity index (χ2n) is 4.95. The van der Waals surface area contributed by atoms with E-state index in [2.05, 4.69) is 26.1 Å². The Morgan fingerprint density at radius 2 is 2.06 bits per heavy atom. The number of nitrogens with zero attached hydrogens (tertiary/aromatic N) is 1. The lowest BCUT2D eigenvalue weighted by Crippen LogP contribution is -2.35. The maximum Gasteiger partial charge on any atom is 0.251 e. The molecule has 1 heterocycles. The highest BCUT2D eigenvalue weighted by atomic mass is 16.2. The third-order valence-corrected chi connectivity index (χ3v) is 3.08. The minimum Gasteiger partial charge on any atom is -0.398 e. The van der Waals surface area contributed by atoms with Crippen LogP contribution in [0, 0.1) is 11.8 Å². The Bertz CT molecular complexity index is 466. The monoisotopic (exact) mass is 251 g/mol. The third kappa shape index (κ3) is 4.24. The first-order chi connectivity index (χ1) is 8.40. The number of nitrogen functional groups attached to an aromatic ring is 1. The smallest absolute Gasteiger partial charge is 0.251 e. The van der Waals surface area contributed by atoms with Crippen molar-refractivity contribution >= 4 is 11.6 Å². The Labute approximate surface area is 107 Å². The predicted molar refractivity (Wildman–Crippen MR) is 72.1 cm³/mol. The Kier molecular flexibility index (Phi) is 4.95. The summed E-state index contributed by atoms with van der Waals surface area (Å²) in [5.74, 6) is 0.752. The van der Waals surface area contributed by atoms with Crippen molar-refractivity contribution in [2.75, 3.05) is 12.3 Å². The Morgan fingerprint density at radius 3 is 2.67 bits per heavy atom. The molecule has 100 valence electrons. The third-order valence-electron chi connectivity index (χ3n) is 3.08. The van der Waals surface area contributed by atoms with Gasteiger partial charge in [0.05, 0.1) is 0 Å². The van der Waals surface area contributed by atoms with Crippen molar-refractivity contribution in [2.45, 2.75) is 27.3 Å². The van der Waals surface area contributed by atoms with Crippen molar-refractivity contribution in [1.29, 1.82) is 0 Å². The topological polar surface area (TPSA) is 77.1 Å². The van der Waals surface area contributed by atoms with Crippen LogP contribution in [-0.2, 0) is 11.3 Å². The minimum atomic E-state index is -0.226. The van der Waals surface area contributed by atoms with Gasteiger partial charge in [-0.3, -0.25) is 9.59 Å². The first kappa shape index (κ1) is 14.3. The second-order valence-corrected chi connectivity index (χ2v) is 4.95. The SMILES string of the molecule is CC(C)C(C)CNC(=O)Cn1cc(N)ccc1=O. The van der Waals surface area contributed by atoms with Gasteiger partial charge in [-0.1, -0.05) is 20.8 Å². The number of rotatable bonds is 5. The van der Waals surface area contributed by atoms with Gasteiger partial charge in [0.2, 0.25) is 5.91 Å². The molecule has 5 nitrogen and oxygen atoms in total. The van der Waals surface area contributed by atoms with Crippen LogP contribution in [0.3, 0.4) is 0 Å². The predicted octanol–water partition coefficient (Wildman–Crippen LogP) is 0.839. The molecule has 1 rings (SSSR count). The quantitative estimate of drug-likeness (QED) is 0.814. The molecule has 18 heavy (non-hydrogen) atoms. The standard InChI is InChI=1S/C13H21N3O2/c1-9(2)10(3)6-15-12(17)8-16-7-11(14)4-5-13(16)18/h4-5,7,9-10H,6,8,14H2,1-3H3,(H,15,17). The first-order valence-electron chi connectivity index (χ1n) is 6.13. The largest absolute Gasteiger partial charge is 0.398 e. The number of amides is 1. The molecule has 1 aromatic rings. The number of nitrogens with two attached hydrogens (primary N) is 1. The van der Waals surface area contributed by atoms with Gasteiger partial charge in [-0.15, -0.1) is 0 Å². The van der Waals surface area contributed by atoms with Crippen molar-refractivity contribution in [3.05, 3.63) is 28.7 Å². The van der Waals surface area contributed by atoms with E-state index < -0.39 is 0 Å². The lowest BCUT2D eigenvalue weighted by Gasteiger charge is -2.16. The highest BCUT2D eigenvalue weighted by Crippen LogP contribution is 2.07. The molecule has 0 radical (unpaired) electrons. The Balaban J connectivity index is 2.55. The molecule has 0 bridgehead atoms. The lowest BCUT2D eigenvalue weighted by molar-refractivity contribution is -0.121. The van der Waals surface area contributed by atoms with E-state index in [1.165, 1.54) is 22.9 Å². The molecular formula is C13H21N3O2. The van der Waals surface area contributed by atoms with E-state index in [0.29, 0.717) is 24.1 Å². The highest BCUT2D eigenvalue weighted by molar-refractivity contribution is 5.75. The summed E-state index contributed by atoms with van der Waals surface area (Å²) in [7, 11) is 0. The van der Waals surface area contributed by atoms with E-state index in [1.807, 2.05) is 0 Å². The molecule has 3 N–H and O–H groups in total. The maximum atomic E-state index is 11.7. The number of hydrogen-bond acceptors (Lipinski definition) is 3. The summed E-state index contributed by atoms with van der Waals surface area (Å²) in [6.07, 6.45) is 1.48. The van der Waals surface area contributed by atoms with Gasteiger partial charge in [-0.2, -0.15) is 0 Å². The van der Waals surface area contributed by atoms with Gasteiger partial charge in [0.1, 0.15) is 6.54 Å². The summed E-state index contributed by atoms with van der Waals surface area (Å²) in [6.45, 7) is 6.93. The average Bonchev–Trinajstić information content (AvgIpc) is 2.30. The van der Waals surface area contributed by atoms with E-state index in [1.54, 1.807) is 0 Å². The summed E-state index contributed by atoms with van der Waals surface area (Å²) in [5, 5.41) is 2.82. The van der Waals surface area contributed by atoms with Crippen LogP contribution >= 0.6 is 0 Å². The molecule has 0 spiro atoms. The van der Waals surface area contributed by atoms with Crippen molar-refractivity contribution in [2.24, 2.45) is 11.8 Å². The van der Waals surface area contributed by atoms with Crippen molar-refractivity contribution in [1.82, 2.24) is 9.88 Å². The molecule has 0 aliphatic carbocycles. The number of anilines is 1. The van der Waals surface area contributed by atoms with Gasteiger partial charge in [-0.25, -0.2) is 0 Å². The van der Waals surface area contributed by atoms with E-state index in [9.17, 15) is 9.59 Å². The molecule has 1 amide bonds. The number of carbonyl (C=O) groups is 1. The van der Waals surface area contributed by atoms with Crippen molar-refractivity contribution in [3.63, 3.8) is 0 Å². The summed E-state index contributed by atoms with van der Waals surface area (Å²) in [5.41, 5.74) is 5.82. The Hall–Kier alpha value is -1.78. The molecule has 0 saturated carbocycles. The van der Waals surface area contributed by atoms with Gasteiger partial charge in [0.25, 0.3) is 5.56 Å². The fourth-order valence-corrected chi connectivity index (χ4v) is 1.39. The van der Waals surface area contributed by atoms with E-state index in [4.69, 9.17) is 5.73 Å². The second kappa shape index (κ2) is 6.23. The molecule has 5 heteroatoms. The minimum absolute atomic E-state index is 0.00862. The van der Waals surface area contributed by atoms with Crippen molar-refractivity contribution in [3.8, 4) is 0 Å². The average molecular weight is 251 g/mol. The van der Waals surface area contributed by atoms with Crippen LogP contribution in [0.15, 0.2) is 23.1 Å². The van der Waals surface area contributed by atoms with Crippen LogP contribution in [0.2, 0.25) is 0 Å². The molecule has 0 aliphatic rings. The van der Waals surface area contributed by atoms with Gasteiger partial charge >= 0.3 is 0 Å². The van der Waals surface area contributed by atoms with Crippen LogP contribution in [0.4, 0.5) is 5.69 Å². The summed E-state index contributed by atoms with van der Waals surface area (Å²) < 4.78 is 1.31. The molecule has 0 aliphatic heterocycles. The molecule has 0 fully saturated rings. The van der Waals surface area contributed by atoms with Crippen LogP contribution in [0.25, 0.3) is 0 Å². The van der Waals surface area contributed by atoms with E-state index in [-0.39, 0.29) is 18.0 Å². The van der Waals surface area contributed by atoms with Crippen LogP contribution in [0.5, 0.6) is 0 Å². The fraction of sp³-hybridized carbons (Fsp3) is 0.538. The number of nitrogens with one attached hydrogen (secondary N) is 1. The normalized spacial score (nSPS) is 12.4. The zero-order valence-electron chi connectivity index (χ0n) is 11.1. The molecule has 1 unspecified atom stereocenters. The molecule has 0 saturated heterocycles. The highest BCUT2D eigenvalue weighted by Gasteiger charge is 2.09. The van der Waals surface area contributed by atoms with E-state index in [0.717, 1.165) is 0 Å². The summed E-state index contributed by atoms with van der Waals surface area (Å²) in [4.78, 5) is 23.2.